The van der Waals surface area contributed by atoms with E-state index in [1.165, 1.54) is 0 Å². The van der Waals surface area contributed by atoms with Gasteiger partial charge in [-0.1, -0.05) is 15.9 Å². The first-order valence-electron chi connectivity index (χ1n) is 3.77. The van der Waals surface area contributed by atoms with Crippen LogP contribution < -0.4 is 5.73 Å². The number of aryl methyl sites for hydroxylation is 1. The van der Waals surface area contributed by atoms with Gasteiger partial charge in [0.15, 0.2) is 0 Å². The molecule has 0 aliphatic rings. The molecular formula is C9H12BrNO. The maximum atomic E-state index is 9.29. The van der Waals surface area contributed by atoms with E-state index in [0.29, 0.717) is 0 Å². The fourth-order valence-corrected chi connectivity index (χ4v) is 1.70. The van der Waals surface area contributed by atoms with E-state index >= 15 is 0 Å². The van der Waals surface area contributed by atoms with Gasteiger partial charge < -0.3 is 10.8 Å². The molecule has 1 aromatic rings. The van der Waals surface area contributed by atoms with E-state index in [2.05, 4.69) is 15.9 Å². The molecule has 0 aliphatic heterocycles. The summed E-state index contributed by atoms with van der Waals surface area (Å²) in [4.78, 5) is 0. The summed E-state index contributed by atoms with van der Waals surface area (Å²) in [7, 11) is 0. The molecule has 1 atom stereocenters. The summed E-state index contributed by atoms with van der Waals surface area (Å²) in [5, 5.41) is 9.29. The number of benzene rings is 1. The summed E-state index contributed by atoms with van der Waals surface area (Å²) in [6.07, 6.45) is 0. The number of phenols is 1. The fraction of sp³-hybridized carbons (Fsp3) is 0.333. The number of hydrogen-bond acceptors (Lipinski definition) is 2. The Balaban J connectivity index is 3.28. The minimum absolute atomic E-state index is 0.0647. The van der Waals surface area contributed by atoms with Gasteiger partial charge in [0, 0.05) is 10.5 Å². The van der Waals surface area contributed by atoms with Gasteiger partial charge in [-0.2, -0.15) is 0 Å². The monoisotopic (exact) mass is 229 g/mol. The highest BCUT2D eigenvalue weighted by atomic mass is 79.9. The third kappa shape index (κ3) is 1.79. The van der Waals surface area contributed by atoms with Crippen molar-refractivity contribution < 1.29 is 5.11 Å². The number of nitrogens with two attached hydrogens (primary N) is 1. The van der Waals surface area contributed by atoms with E-state index in [1.54, 1.807) is 12.1 Å². The van der Waals surface area contributed by atoms with Gasteiger partial charge in [0.25, 0.3) is 0 Å². The average molecular weight is 230 g/mol. The van der Waals surface area contributed by atoms with Crippen LogP contribution in [0.4, 0.5) is 0 Å². The van der Waals surface area contributed by atoms with Crippen LogP contribution in [-0.2, 0) is 0 Å². The van der Waals surface area contributed by atoms with Crippen molar-refractivity contribution in [2.45, 2.75) is 19.9 Å². The Hall–Kier alpha value is -0.540. The van der Waals surface area contributed by atoms with E-state index in [-0.39, 0.29) is 11.8 Å². The molecule has 0 radical (unpaired) electrons. The Morgan fingerprint density at radius 1 is 1.50 bits per heavy atom. The Morgan fingerprint density at radius 3 is 2.58 bits per heavy atom. The van der Waals surface area contributed by atoms with Crippen molar-refractivity contribution in [2.24, 2.45) is 5.73 Å². The summed E-state index contributed by atoms with van der Waals surface area (Å²) in [6.45, 7) is 3.81. The molecule has 1 rings (SSSR count). The molecule has 2 nitrogen and oxygen atoms in total. The Bertz CT molecular complexity index is 297. The number of hydrogen-bond donors (Lipinski definition) is 2. The normalized spacial score (nSPS) is 13.0. The van der Waals surface area contributed by atoms with E-state index < -0.39 is 0 Å². The molecular weight excluding hydrogens is 218 g/mol. The predicted molar refractivity (Wildman–Crippen MR) is 53.1 cm³/mol. The Labute approximate surface area is 80.5 Å². The highest BCUT2D eigenvalue weighted by Crippen LogP contribution is 2.29. The first-order valence-corrected chi connectivity index (χ1v) is 4.56. The van der Waals surface area contributed by atoms with E-state index in [1.807, 2.05) is 13.8 Å². The Kier molecular flexibility index (Phi) is 2.75. The van der Waals surface area contributed by atoms with Gasteiger partial charge >= 0.3 is 0 Å². The standard InChI is InChI=1S/C9H12BrNO/c1-5-3-7(12)4-8(6(2)11)9(5)10/h3-4,6,12H,11H2,1-2H3. The molecule has 0 aliphatic carbocycles. The molecule has 0 aromatic heterocycles. The molecule has 3 heteroatoms. The molecule has 1 unspecified atom stereocenters. The molecule has 0 amide bonds. The molecule has 3 N–H and O–H groups in total. The number of aromatic hydroxyl groups is 1. The summed E-state index contributed by atoms with van der Waals surface area (Å²) in [6, 6.07) is 3.32. The number of phenolic OH excluding ortho intramolecular Hbond substituents is 1. The predicted octanol–water partition coefficient (Wildman–Crippen LogP) is 2.48. The van der Waals surface area contributed by atoms with Crippen LogP contribution in [0.1, 0.15) is 24.1 Å². The van der Waals surface area contributed by atoms with Gasteiger partial charge in [-0.05, 0) is 37.1 Å². The minimum atomic E-state index is -0.0647. The molecule has 0 saturated heterocycles. The lowest BCUT2D eigenvalue weighted by molar-refractivity contribution is 0.473. The maximum Gasteiger partial charge on any atom is 0.116 e. The molecule has 0 spiro atoms. The van der Waals surface area contributed by atoms with Crippen molar-refractivity contribution in [2.75, 3.05) is 0 Å². The summed E-state index contributed by atoms with van der Waals surface area (Å²) in [5.74, 6) is 0.267. The lowest BCUT2D eigenvalue weighted by Crippen LogP contribution is -2.06. The summed E-state index contributed by atoms with van der Waals surface area (Å²) < 4.78 is 0.982. The quantitative estimate of drug-likeness (QED) is 0.778. The molecule has 0 fully saturated rings. The van der Waals surface area contributed by atoms with Crippen LogP contribution in [-0.4, -0.2) is 5.11 Å². The van der Waals surface area contributed by atoms with Gasteiger partial charge in [-0.25, -0.2) is 0 Å². The van der Waals surface area contributed by atoms with Crippen LogP contribution in [0.5, 0.6) is 5.75 Å². The van der Waals surface area contributed by atoms with Gasteiger partial charge in [0.05, 0.1) is 0 Å². The van der Waals surface area contributed by atoms with Crippen molar-refractivity contribution in [3.8, 4) is 5.75 Å². The largest absolute Gasteiger partial charge is 0.508 e. The highest BCUT2D eigenvalue weighted by Gasteiger charge is 2.08. The molecule has 0 saturated carbocycles. The molecule has 12 heavy (non-hydrogen) atoms. The van der Waals surface area contributed by atoms with Crippen LogP contribution in [0, 0.1) is 6.92 Å². The first-order chi connectivity index (χ1) is 5.52. The second-order valence-electron chi connectivity index (χ2n) is 2.95. The van der Waals surface area contributed by atoms with Gasteiger partial charge in [0.2, 0.25) is 0 Å². The van der Waals surface area contributed by atoms with Crippen molar-refractivity contribution in [3.05, 3.63) is 27.7 Å². The Morgan fingerprint density at radius 2 is 2.08 bits per heavy atom. The number of halogens is 1. The lowest BCUT2D eigenvalue weighted by atomic mass is 10.1. The number of rotatable bonds is 1. The second-order valence-corrected chi connectivity index (χ2v) is 3.75. The third-order valence-electron chi connectivity index (χ3n) is 1.76. The van der Waals surface area contributed by atoms with E-state index in [0.717, 1.165) is 15.6 Å². The molecule has 0 bridgehead atoms. The lowest BCUT2D eigenvalue weighted by Gasteiger charge is -2.11. The van der Waals surface area contributed by atoms with Crippen LogP contribution in [0.3, 0.4) is 0 Å². The minimum Gasteiger partial charge on any atom is -0.508 e. The molecule has 1 aromatic carbocycles. The van der Waals surface area contributed by atoms with Gasteiger partial charge in [-0.3, -0.25) is 0 Å². The fourth-order valence-electron chi connectivity index (χ4n) is 1.11. The summed E-state index contributed by atoms with van der Waals surface area (Å²) in [5.41, 5.74) is 7.65. The SMILES string of the molecule is Cc1cc(O)cc(C(C)N)c1Br. The van der Waals surface area contributed by atoms with Crippen LogP contribution in [0.15, 0.2) is 16.6 Å². The average Bonchev–Trinajstić information content (AvgIpc) is 1.96. The van der Waals surface area contributed by atoms with Crippen LogP contribution >= 0.6 is 15.9 Å². The summed E-state index contributed by atoms with van der Waals surface area (Å²) >= 11 is 3.42. The zero-order valence-electron chi connectivity index (χ0n) is 7.13. The third-order valence-corrected chi connectivity index (χ3v) is 2.84. The van der Waals surface area contributed by atoms with Crippen LogP contribution in [0.2, 0.25) is 0 Å². The molecule has 0 heterocycles. The zero-order chi connectivity index (χ0) is 9.30. The van der Waals surface area contributed by atoms with Crippen LogP contribution in [0.25, 0.3) is 0 Å². The smallest absolute Gasteiger partial charge is 0.116 e. The topological polar surface area (TPSA) is 46.2 Å². The van der Waals surface area contributed by atoms with Crippen molar-refractivity contribution >= 4 is 15.9 Å². The van der Waals surface area contributed by atoms with Gasteiger partial charge in [0.1, 0.15) is 5.75 Å². The van der Waals surface area contributed by atoms with Crippen molar-refractivity contribution in [1.82, 2.24) is 0 Å². The first kappa shape index (κ1) is 9.55. The van der Waals surface area contributed by atoms with E-state index in [9.17, 15) is 5.11 Å². The van der Waals surface area contributed by atoms with Crippen molar-refractivity contribution in [1.29, 1.82) is 0 Å². The van der Waals surface area contributed by atoms with Crippen molar-refractivity contribution in [3.63, 3.8) is 0 Å². The highest BCUT2D eigenvalue weighted by molar-refractivity contribution is 9.10. The van der Waals surface area contributed by atoms with E-state index in [4.69, 9.17) is 5.73 Å². The second kappa shape index (κ2) is 3.46. The van der Waals surface area contributed by atoms with Gasteiger partial charge in [-0.15, -0.1) is 0 Å². The zero-order valence-corrected chi connectivity index (χ0v) is 8.72. The molecule has 66 valence electrons. The maximum absolute atomic E-state index is 9.29.